The average Bonchev–Trinajstić information content (AvgIpc) is 2.99. The monoisotopic (exact) mass is 416 g/mol. The van der Waals surface area contributed by atoms with E-state index in [0.717, 1.165) is 25.7 Å². The van der Waals surface area contributed by atoms with Gasteiger partial charge in [-0.1, -0.05) is 54.6 Å². The first-order valence-corrected chi connectivity index (χ1v) is 11.0. The fourth-order valence-electron chi connectivity index (χ4n) is 3.97. The van der Waals surface area contributed by atoms with E-state index >= 15 is 0 Å². The lowest BCUT2D eigenvalue weighted by Crippen LogP contribution is -2.20. The first-order chi connectivity index (χ1) is 14.5. The zero-order valence-electron chi connectivity index (χ0n) is 17.9. The van der Waals surface area contributed by atoms with Crippen molar-refractivity contribution >= 4 is 5.97 Å². The lowest BCUT2D eigenvalue weighted by molar-refractivity contribution is -0.141. The minimum atomic E-state index is -0.584. The molecule has 1 aromatic rings. The molecule has 3 N–H and O–H groups in total. The Labute approximate surface area is 180 Å². The van der Waals surface area contributed by atoms with Gasteiger partial charge in [0.15, 0.2) is 0 Å². The van der Waals surface area contributed by atoms with Crippen molar-refractivity contribution in [1.82, 2.24) is 0 Å². The minimum Gasteiger partial charge on any atom is -0.466 e. The zero-order valence-corrected chi connectivity index (χ0v) is 17.9. The summed E-state index contributed by atoms with van der Waals surface area (Å²) >= 11 is 0. The summed E-state index contributed by atoms with van der Waals surface area (Å²) in [6, 6.07) is 10.1. The molecule has 5 atom stereocenters. The van der Waals surface area contributed by atoms with E-state index in [-0.39, 0.29) is 17.8 Å². The Hall–Kier alpha value is -1.95. The van der Waals surface area contributed by atoms with Crippen molar-refractivity contribution in [2.24, 2.45) is 11.8 Å². The number of esters is 1. The molecule has 1 saturated carbocycles. The van der Waals surface area contributed by atoms with Gasteiger partial charge >= 0.3 is 5.97 Å². The van der Waals surface area contributed by atoms with Crippen LogP contribution in [0.5, 0.6) is 0 Å². The molecule has 5 heteroatoms. The molecule has 30 heavy (non-hydrogen) atoms. The van der Waals surface area contributed by atoms with Gasteiger partial charge in [0.05, 0.1) is 24.9 Å². The van der Waals surface area contributed by atoms with Crippen LogP contribution in [0.2, 0.25) is 0 Å². The predicted octanol–water partition coefficient (Wildman–Crippen LogP) is 3.57. The standard InChI is InChI=1S/C25H36O5/c1-19(26)30-17-9-4-2-3-8-12-22-23(25(29)18-24(22)28)16-15-21(27)14-13-20-10-6-5-7-11-20/h3,5-8,10-11,15-16,21-25,27-29H,2,4,9,12-14,17-18H2,1H3/b8-3-,16-15+/t21-,22+,23+,24-,25+/m0/s1. The highest BCUT2D eigenvalue weighted by atomic mass is 16.5. The molecule has 166 valence electrons. The van der Waals surface area contributed by atoms with E-state index in [1.165, 1.54) is 12.5 Å². The van der Waals surface area contributed by atoms with Crippen LogP contribution >= 0.6 is 0 Å². The highest BCUT2D eigenvalue weighted by Gasteiger charge is 2.39. The van der Waals surface area contributed by atoms with Crippen molar-refractivity contribution in [2.45, 2.75) is 70.2 Å². The first-order valence-electron chi connectivity index (χ1n) is 11.0. The van der Waals surface area contributed by atoms with Gasteiger partial charge in [0.1, 0.15) is 0 Å². The van der Waals surface area contributed by atoms with E-state index < -0.39 is 18.3 Å². The lowest BCUT2D eigenvalue weighted by Gasteiger charge is -2.19. The van der Waals surface area contributed by atoms with Gasteiger partial charge in [0.2, 0.25) is 0 Å². The van der Waals surface area contributed by atoms with E-state index in [0.29, 0.717) is 25.9 Å². The summed E-state index contributed by atoms with van der Waals surface area (Å²) in [5.41, 5.74) is 1.19. The molecular weight excluding hydrogens is 380 g/mol. The topological polar surface area (TPSA) is 87.0 Å². The predicted molar refractivity (Wildman–Crippen MR) is 118 cm³/mol. The lowest BCUT2D eigenvalue weighted by atomic mass is 9.89. The van der Waals surface area contributed by atoms with Crippen LogP contribution in [0.25, 0.3) is 0 Å². The SMILES string of the molecule is CC(=O)OCCCC/C=C\C[C@@H]1[C@@H](/C=C/[C@@H](O)CCc2ccccc2)[C@H](O)C[C@@H]1O. The molecule has 1 fully saturated rings. The van der Waals surface area contributed by atoms with Gasteiger partial charge < -0.3 is 20.1 Å². The highest BCUT2D eigenvalue weighted by molar-refractivity contribution is 5.65. The molecule has 0 amide bonds. The molecule has 0 radical (unpaired) electrons. The van der Waals surface area contributed by atoms with Crippen molar-refractivity contribution in [1.29, 1.82) is 0 Å². The van der Waals surface area contributed by atoms with Crippen molar-refractivity contribution in [3.05, 3.63) is 60.2 Å². The fourth-order valence-corrected chi connectivity index (χ4v) is 3.97. The number of carbonyl (C=O) groups excluding carboxylic acids is 1. The molecule has 1 aliphatic carbocycles. The molecule has 0 spiro atoms. The molecule has 0 unspecified atom stereocenters. The van der Waals surface area contributed by atoms with Crippen molar-refractivity contribution in [3.8, 4) is 0 Å². The Kier molecular flexibility index (Phi) is 10.8. The Morgan fingerprint density at radius 2 is 1.93 bits per heavy atom. The summed E-state index contributed by atoms with van der Waals surface area (Å²) in [5.74, 6) is -0.446. The molecule has 0 aromatic heterocycles. The number of ether oxygens (including phenoxy) is 1. The third-order valence-corrected chi connectivity index (χ3v) is 5.69. The van der Waals surface area contributed by atoms with Crippen LogP contribution in [0, 0.1) is 11.8 Å². The molecule has 0 bridgehead atoms. The van der Waals surface area contributed by atoms with Crippen molar-refractivity contribution < 1.29 is 24.9 Å². The number of rotatable bonds is 12. The molecule has 0 heterocycles. The second-order valence-corrected chi connectivity index (χ2v) is 8.13. The van der Waals surface area contributed by atoms with Gasteiger partial charge in [-0.15, -0.1) is 0 Å². The Balaban J connectivity index is 1.75. The molecular formula is C25H36O5. The zero-order chi connectivity index (χ0) is 21.8. The summed E-state index contributed by atoms with van der Waals surface area (Å²) in [6.07, 6.45) is 11.3. The van der Waals surface area contributed by atoms with Crippen LogP contribution in [-0.2, 0) is 16.0 Å². The maximum absolute atomic E-state index is 10.7. The van der Waals surface area contributed by atoms with Crippen LogP contribution in [0.15, 0.2) is 54.6 Å². The Morgan fingerprint density at radius 1 is 1.17 bits per heavy atom. The number of carbonyl (C=O) groups is 1. The number of aliphatic hydroxyl groups is 3. The summed E-state index contributed by atoms with van der Waals surface area (Å²) in [4.78, 5) is 10.7. The average molecular weight is 417 g/mol. The fraction of sp³-hybridized carbons (Fsp3) is 0.560. The van der Waals surface area contributed by atoms with Crippen LogP contribution in [-0.4, -0.2) is 46.2 Å². The van der Waals surface area contributed by atoms with Crippen LogP contribution in [0.1, 0.15) is 51.0 Å². The normalized spacial score (nSPS) is 25.2. The van der Waals surface area contributed by atoms with E-state index in [9.17, 15) is 20.1 Å². The molecule has 1 aliphatic rings. The largest absolute Gasteiger partial charge is 0.466 e. The van der Waals surface area contributed by atoms with Crippen LogP contribution in [0.3, 0.4) is 0 Å². The van der Waals surface area contributed by atoms with Crippen LogP contribution < -0.4 is 0 Å². The maximum Gasteiger partial charge on any atom is 0.302 e. The molecule has 0 saturated heterocycles. The smallest absolute Gasteiger partial charge is 0.302 e. The number of hydrogen-bond acceptors (Lipinski definition) is 5. The second-order valence-electron chi connectivity index (χ2n) is 8.13. The summed E-state index contributed by atoms with van der Waals surface area (Å²) in [7, 11) is 0. The first kappa shape index (κ1) is 24.3. The van der Waals surface area contributed by atoms with Crippen LogP contribution in [0.4, 0.5) is 0 Å². The van der Waals surface area contributed by atoms with Gasteiger partial charge in [-0.2, -0.15) is 0 Å². The van der Waals surface area contributed by atoms with Gasteiger partial charge in [0.25, 0.3) is 0 Å². The van der Waals surface area contributed by atoms with E-state index in [2.05, 4.69) is 12.2 Å². The summed E-state index contributed by atoms with van der Waals surface area (Å²) in [5, 5.41) is 31.0. The Morgan fingerprint density at radius 3 is 2.67 bits per heavy atom. The number of allylic oxidation sites excluding steroid dienone is 2. The number of benzene rings is 1. The molecule has 5 nitrogen and oxygen atoms in total. The quantitative estimate of drug-likeness (QED) is 0.275. The highest BCUT2D eigenvalue weighted by Crippen LogP contribution is 2.36. The van der Waals surface area contributed by atoms with Crippen molar-refractivity contribution in [3.63, 3.8) is 0 Å². The number of hydrogen-bond donors (Lipinski definition) is 3. The number of aryl methyl sites for hydroxylation is 1. The van der Waals surface area contributed by atoms with E-state index in [1.54, 1.807) is 6.08 Å². The maximum atomic E-state index is 10.7. The van der Waals surface area contributed by atoms with E-state index in [1.807, 2.05) is 36.4 Å². The number of aliphatic hydroxyl groups excluding tert-OH is 3. The van der Waals surface area contributed by atoms with Gasteiger partial charge in [-0.25, -0.2) is 0 Å². The minimum absolute atomic E-state index is 0.0464. The third-order valence-electron chi connectivity index (χ3n) is 5.69. The third kappa shape index (κ3) is 8.82. The Bertz CT molecular complexity index is 669. The summed E-state index contributed by atoms with van der Waals surface area (Å²) < 4.78 is 4.91. The van der Waals surface area contributed by atoms with Gasteiger partial charge in [0, 0.05) is 19.3 Å². The molecule has 1 aromatic carbocycles. The van der Waals surface area contributed by atoms with Crippen molar-refractivity contribution in [2.75, 3.05) is 6.61 Å². The molecule has 2 rings (SSSR count). The van der Waals surface area contributed by atoms with E-state index in [4.69, 9.17) is 4.74 Å². The van der Waals surface area contributed by atoms with Gasteiger partial charge in [-0.05, 0) is 50.0 Å². The summed E-state index contributed by atoms with van der Waals surface area (Å²) in [6.45, 7) is 1.87. The van der Waals surface area contributed by atoms with Gasteiger partial charge in [-0.3, -0.25) is 4.79 Å². The second kappa shape index (κ2) is 13.4. The molecule has 0 aliphatic heterocycles. The number of unbranched alkanes of at least 4 members (excludes halogenated alkanes) is 2.